The lowest BCUT2D eigenvalue weighted by molar-refractivity contribution is 0.219. The zero-order chi connectivity index (χ0) is 12.8. The zero-order valence-corrected chi connectivity index (χ0v) is 10.1. The minimum absolute atomic E-state index is 0.0150. The van der Waals surface area contributed by atoms with Gasteiger partial charge in [0.05, 0.1) is 12.5 Å². The molecule has 0 saturated carbocycles. The zero-order valence-electron chi connectivity index (χ0n) is 10.1. The lowest BCUT2D eigenvalue weighted by Crippen LogP contribution is -2.32. The van der Waals surface area contributed by atoms with E-state index >= 15 is 0 Å². The SMILES string of the molecule is N#CCc1ccc(NCCN2CCNC2=O)cc1. The molecule has 2 rings (SSSR count). The number of benzene rings is 1. The van der Waals surface area contributed by atoms with Crippen LogP contribution in [0.2, 0.25) is 0 Å². The van der Waals surface area contributed by atoms with E-state index in [0.717, 1.165) is 30.9 Å². The molecule has 0 atom stereocenters. The minimum Gasteiger partial charge on any atom is -0.383 e. The number of carbonyl (C=O) groups excluding carboxylic acids is 1. The van der Waals surface area contributed by atoms with Gasteiger partial charge in [-0.1, -0.05) is 12.1 Å². The van der Waals surface area contributed by atoms with Gasteiger partial charge in [0.25, 0.3) is 0 Å². The van der Waals surface area contributed by atoms with Gasteiger partial charge in [0.1, 0.15) is 0 Å². The van der Waals surface area contributed by atoms with Crippen LogP contribution in [-0.2, 0) is 6.42 Å². The van der Waals surface area contributed by atoms with Gasteiger partial charge in [-0.2, -0.15) is 5.26 Å². The topological polar surface area (TPSA) is 68.2 Å². The highest BCUT2D eigenvalue weighted by molar-refractivity contribution is 5.76. The van der Waals surface area contributed by atoms with Crippen molar-refractivity contribution in [2.75, 3.05) is 31.5 Å². The summed E-state index contributed by atoms with van der Waals surface area (Å²) in [5, 5.41) is 14.6. The van der Waals surface area contributed by atoms with Crippen molar-refractivity contribution < 1.29 is 4.79 Å². The van der Waals surface area contributed by atoms with Gasteiger partial charge >= 0.3 is 6.03 Å². The maximum absolute atomic E-state index is 11.3. The largest absolute Gasteiger partial charge is 0.383 e. The van der Waals surface area contributed by atoms with Crippen LogP contribution in [0.5, 0.6) is 0 Å². The van der Waals surface area contributed by atoms with Gasteiger partial charge in [-0.25, -0.2) is 4.79 Å². The number of urea groups is 1. The van der Waals surface area contributed by atoms with Crippen molar-refractivity contribution in [3.63, 3.8) is 0 Å². The van der Waals surface area contributed by atoms with E-state index < -0.39 is 0 Å². The van der Waals surface area contributed by atoms with E-state index in [2.05, 4.69) is 16.7 Å². The van der Waals surface area contributed by atoms with Crippen LogP contribution < -0.4 is 10.6 Å². The van der Waals surface area contributed by atoms with Crippen molar-refractivity contribution in [3.05, 3.63) is 29.8 Å². The van der Waals surface area contributed by atoms with Crippen molar-refractivity contribution in [2.45, 2.75) is 6.42 Å². The summed E-state index contributed by atoms with van der Waals surface area (Å²) < 4.78 is 0. The Bertz CT molecular complexity index is 449. The summed E-state index contributed by atoms with van der Waals surface area (Å²) in [6.07, 6.45) is 0.439. The molecule has 0 bridgehead atoms. The number of hydrogen-bond donors (Lipinski definition) is 2. The van der Waals surface area contributed by atoms with Crippen molar-refractivity contribution in [1.29, 1.82) is 5.26 Å². The molecule has 18 heavy (non-hydrogen) atoms. The number of nitrogens with one attached hydrogen (secondary N) is 2. The molecule has 5 nitrogen and oxygen atoms in total. The smallest absolute Gasteiger partial charge is 0.317 e. The van der Waals surface area contributed by atoms with Crippen LogP contribution in [0.4, 0.5) is 10.5 Å². The molecule has 1 aliphatic heterocycles. The van der Waals surface area contributed by atoms with Crippen LogP contribution in [0.15, 0.2) is 24.3 Å². The summed E-state index contributed by atoms with van der Waals surface area (Å²) in [6, 6.07) is 9.92. The lowest BCUT2D eigenvalue weighted by Gasteiger charge is -2.14. The molecule has 94 valence electrons. The van der Waals surface area contributed by atoms with Gasteiger partial charge < -0.3 is 15.5 Å². The molecule has 1 fully saturated rings. The summed E-state index contributed by atoms with van der Waals surface area (Å²) in [4.78, 5) is 13.1. The molecular formula is C13H16N4O. The van der Waals surface area contributed by atoms with E-state index in [4.69, 9.17) is 5.26 Å². The average molecular weight is 244 g/mol. The molecule has 2 N–H and O–H groups in total. The Morgan fingerprint density at radius 3 is 2.78 bits per heavy atom. The summed E-state index contributed by atoms with van der Waals surface area (Å²) >= 11 is 0. The van der Waals surface area contributed by atoms with E-state index in [1.165, 1.54) is 0 Å². The molecule has 1 aromatic rings. The predicted octanol–water partition coefficient (Wildman–Crippen LogP) is 1.19. The molecule has 1 saturated heterocycles. The van der Waals surface area contributed by atoms with E-state index in [9.17, 15) is 4.79 Å². The Morgan fingerprint density at radius 2 is 2.17 bits per heavy atom. The Hall–Kier alpha value is -2.22. The molecule has 1 aromatic carbocycles. The van der Waals surface area contributed by atoms with Crippen LogP contribution in [0.1, 0.15) is 5.56 Å². The number of hydrogen-bond acceptors (Lipinski definition) is 3. The third kappa shape index (κ3) is 3.14. The molecule has 0 radical (unpaired) electrons. The molecule has 0 aliphatic carbocycles. The molecule has 0 aromatic heterocycles. The summed E-state index contributed by atoms with van der Waals surface area (Å²) in [6.45, 7) is 2.94. The molecule has 0 unspecified atom stereocenters. The first-order chi connectivity index (χ1) is 8.79. The summed E-state index contributed by atoms with van der Waals surface area (Å²) in [7, 11) is 0. The second kappa shape index (κ2) is 5.92. The van der Waals surface area contributed by atoms with Crippen molar-refractivity contribution in [1.82, 2.24) is 10.2 Å². The fourth-order valence-electron chi connectivity index (χ4n) is 1.89. The minimum atomic E-state index is 0.0150. The van der Waals surface area contributed by atoms with Crippen LogP contribution in [-0.4, -0.2) is 37.1 Å². The van der Waals surface area contributed by atoms with Gasteiger partial charge in [-0.15, -0.1) is 0 Å². The molecule has 1 aliphatic rings. The second-order valence-corrected chi connectivity index (χ2v) is 4.18. The number of carbonyl (C=O) groups is 1. The van der Waals surface area contributed by atoms with E-state index in [1.54, 1.807) is 4.90 Å². The lowest BCUT2D eigenvalue weighted by atomic mass is 10.1. The maximum atomic E-state index is 11.3. The number of nitriles is 1. The highest BCUT2D eigenvalue weighted by atomic mass is 16.2. The quantitative estimate of drug-likeness (QED) is 0.817. The molecule has 0 spiro atoms. The third-order valence-electron chi connectivity index (χ3n) is 2.89. The van der Waals surface area contributed by atoms with Gasteiger partial charge in [-0.3, -0.25) is 0 Å². The van der Waals surface area contributed by atoms with Gasteiger partial charge in [-0.05, 0) is 17.7 Å². The van der Waals surface area contributed by atoms with Crippen molar-refractivity contribution >= 4 is 11.7 Å². The van der Waals surface area contributed by atoms with E-state index in [0.29, 0.717) is 13.0 Å². The predicted molar refractivity (Wildman–Crippen MR) is 69.2 cm³/mol. The van der Waals surface area contributed by atoms with Crippen LogP contribution in [0.25, 0.3) is 0 Å². The van der Waals surface area contributed by atoms with E-state index in [1.807, 2.05) is 24.3 Å². The standard InChI is InChI=1S/C13H16N4O/c14-6-5-11-1-3-12(4-2-11)15-7-9-17-10-8-16-13(17)18/h1-4,15H,5,7-10H2,(H,16,18). The third-order valence-corrected chi connectivity index (χ3v) is 2.89. The van der Waals surface area contributed by atoms with Crippen LogP contribution in [0.3, 0.4) is 0 Å². The molecule has 1 heterocycles. The highest BCUT2D eigenvalue weighted by Crippen LogP contribution is 2.09. The fourth-order valence-corrected chi connectivity index (χ4v) is 1.89. The Balaban J connectivity index is 1.76. The van der Waals surface area contributed by atoms with Gasteiger partial charge in [0, 0.05) is 31.9 Å². The maximum Gasteiger partial charge on any atom is 0.317 e. The summed E-state index contributed by atoms with van der Waals surface area (Å²) in [5.74, 6) is 0. The first-order valence-electron chi connectivity index (χ1n) is 6.02. The number of anilines is 1. The van der Waals surface area contributed by atoms with Crippen molar-refractivity contribution in [3.8, 4) is 6.07 Å². The Morgan fingerprint density at radius 1 is 1.39 bits per heavy atom. The normalized spacial score (nSPS) is 14.2. The van der Waals surface area contributed by atoms with Crippen LogP contribution in [0, 0.1) is 11.3 Å². The number of nitrogens with zero attached hydrogens (tertiary/aromatic N) is 2. The number of amides is 2. The van der Waals surface area contributed by atoms with Crippen LogP contribution >= 0.6 is 0 Å². The number of rotatable bonds is 5. The van der Waals surface area contributed by atoms with E-state index in [-0.39, 0.29) is 6.03 Å². The molecular weight excluding hydrogens is 228 g/mol. The Kier molecular flexibility index (Phi) is 4.02. The monoisotopic (exact) mass is 244 g/mol. The molecule has 5 heteroatoms. The van der Waals surface area contributed by atoms with Gasteiger partial charge in [0.2, 0.25) is 0 Å². The Labute approximate surface area is 106 Å². The first-order valence-corrected chi connectivity index (χ1v) is 6.02. The fraction of sp³-hybridized carbons (Fsp3) is 0.385. The highest BCUT2D eigenvalue weighted by Gasteiger charge is 2.17. The summed E-state index contributed by atoms with van der Waals surface area (Å²) in [5.41, 5.74) is 2.03. The first kappa shape index (κ1) is 12.2. The van der Waals surface area contributed by atoms with Gasteiger partial charge in [0.15, 0.2) is 0 Å². The van der Waals surface area contributed by atoms with Crippen molar-refractivity contribution in [2.24, 2.45) is 0 Å². The average Bonchev–Trinajstić information content (AvgIpc) is 2.78. The molecule has 2 amide bonds. The second-order valence-electron chi connectivity index (χ2n) is 4.18.